The maximum atomic E-state index is 12.8. The molecule has 0 aliphatic carbocycles. The van der Waals surface area contributed by atoms with Gasteiger partial charge in [-0.2, -0.15) is 5.10 Å². The molecule has 1 amide bonds. The highest BCUT2D eigenvalue weighted by Gasteiger charge is 2.26. The molecule has 26 heavy (non-hydrogen) atoms. The lowest BCUT2D eigenvalue weighted by Gasteiger charge is -2.17. The van der Waals surface area contributed by atoms with Crippen LogP contribution in [0.4, 0.5) is 0 Å². The van der Waals surface area contributed by atoms with Gasteiger partial charge in [-0.1, -0.05) is 48.5 Å². The molecule has 0 spiro atoms. The Morgan fingerprint density at radius 3 is 2.31 bits per heavy atom. The number of amides is 1. The quantitative estimate of drug-likeness (QED) is 0.721. The minimum Gasteiger partial charge on any atom is -0.467 e. The van der Waals surface area contributed by atoms with Crippen molar-refractivity contribution < 1.29 is 14.3 Å². The number of benzene rings is 2. The molecule has 0 fully saturated rings. The summed E-state index contributed by atoms with van der Waals surface area (Å²) in [6, 6.07) is 14.5. The van der Waals surface area contributed by atoms with E-state index in [9.17, 15) is 14.4 Å². The van der Waals surface area contributed by atoms with Gasteiger partial charge in [0.05, 0.1) is 12.5 Å². The number of methoxy groups -OCH3 is 1. The normalized spacial score (nSPS) is 11.8. The van der Waals surface area contributed by atoms with Crippen LogP contribution in [0.5, 0.6) is 0 Å². The van der Waals surface area contributed by atoms with Crippen LogP contribution in [0.1, 0.15) is 22.1 Å². The summed E-state index contributed by atoms with van der Waals surface area (Å²) in [5.74, 6) is -1.17. The zero-order valence-electron chi connectivity index (χ0n) is 14.3. The van der Waals surface area contributed by atoms with Gasteiger partial charge in [0.25, 0.3) is 11.5 Å². The first-order chi connectivity index (χ1) is 12.5. The van der Waals surface area contributed by atoms with Gasteiger partial charge in [-0.15, -0.1) is 0 Å². The van der Waals surface area contributed by atoms with Gasteiger partial charge in [0.1, 0.15) is 0 Å². The highest BCUT2D eigenvalue weighted by molar-refractivity contribution is 6.05. The Balaban J connectivity index is 2.04. The Morgan fingerprint density at radius 2 is 1.65 bits per heavy atom. The van der Waals surface area contributed by atoms with Crippen molar-refractivity contribution in [1.82, 2.24) is 15.1 Å². The Kier molecular flexibility index (Phi) is 4.79. The first-order valence-electron chi connectivity index (χ1n) is 7.92. The Hall–Kier alpha value is -3.48. The summed E-state index contributed by atoms with van der Waals surface area (Å²) in [6.45, 7) is 0. The average molecular weight is 351 g/mol. The number of aromatic nitrogens is 2. The number of fused-ring (bicyclic) bond motifs is 1. The number of carbonyl (C=O) groups is 2. The van der Waals surface area contributed by atoms with E-state index in [0.717, 1.165) is 4.68 Å². The van der Waals surface area contributed by atoms with Gasteiger partial charge < -0.3 is 10.1 Å². The van der Waals surface area contributed by atoms with E-state index in [1.54, 1.807) is 48.5 Å². The summed E-state index contributed by atoms with van der Waals surface area (Å²) in [4.78, 5) is 37.2. The molecule has 1 N–H and O–H groups in total. The third-order valence-corrected chi connectivity index (χ3v) is 4.02. The van der Waals surface area contributed by atoms with Crippen molar-refractivity contribution in [3.8, 4) is 0 Å². The lowest BCUT2D eigenvalue weighted by atomic mass is 10.1. The second-order valence-electron chi connectivity index (χ2n) is 5.66. The molecule has 2 aromatic carbocycles. The van der Waals surface area contributed by atoms with E-state index in [-0.39, 0.29) is 11.3 Å². The third kappa shape index (κ3) is 3.19. The predicted molar refractivity (Wildman–Crippen MR) is 95.6 cm³/mol. The molecule has 7 nitrogen and oxygen atoms in total. The van der Waals surface area contributed by atoms with Gasteiger partial charge in [-0.3, -0.25) is 9.59 Å². The highest BCUT2D eigenvalue weighted by Crippen LogP contribution is 2.17. The fourth-order valence-electron chi connectivity index (χ4n) is 2.71. The average Bonchev–Trinajstić information content (AvgIpc) is 2.68. The van der Waals surface area contributed by atoms with Crippen LogP contribution in [0, 0.1) is 0 Å². The molecule has 0 bridgehead atoms. The smallest absolute Gasteiger partial charge is 0.333 e. The number of ether oxygens (including phenoxy) is 1. The van der Waals surface area contributed by atoms with Crippen molar-refractivity contribution in [2.45, 2.75) is 6.04 Å². The minimum atomic E-state index is -0.980. The van der Waals surface area contributed by atoms with E-state index in [1.165, 1.54) is 14.2 Å². The zero-order chi connectivity index (χ0) is 18.7. The van der Waals surface area contributed by atoms with E-state index in [2.05, 4.69) is 10.4 Å². The molecule has 0 unspecified atom stereocenters. The lowest BCUT2D eigenvalue weighted by molar-refractivity contribution is -0.143. The summed E-state index contributed by atoms with van der Waals surface area (Å²) >= 11 is 0. The fraction of sp³-hybridized carbons (Fsp3) is 0.158. The highest BCUT2D eigenvalue weighted by atomic mass is 16.5. The zero-order valence-corrected chi connectivity index (χ0v) is 14.3. The van der Waals surface area contributed by atoms with Gasteiger partial charge in [0.15, 0.2) is 11.7 Å². The van der Waals surface area contributed by atoms with Crippen molar-refractivity contribution in [3.05, 3.63) is 76.2 Å². The molecule has 1 atom stereocenters. The number of carbonyl (C=O) groups excluding carboxylic acids is 2. The van der Waals surface area contributed by atoms with Crippen LogP contribution < -0.4 is 10.9 Å². The van der Waals surface area contributed by atoms with Crippen LogP contribution in [0.2, 0.25) is 0 Å². The van der Waals surface area contributed by atoms with Crippen LogP contribution in [-0.4, -0.2) is 28.8 Å². The molecule has 0 saturated heterocycles. The van der Waals surface area contributed by atoms with Gasteiger partial charge >= 0.3 is 5.97 Å². The molecule has 3 aromatic rings. The van der Waals surface area contributed by atoms with Crippen molar-refractivity contribution in [3.63, 3.8) is 0 Å². The number of hydrogen-bond donors (Lipinski definition) is 1. The second-order valence-corrected chi connectivity index (χ2v) is 5.66. The maximum absolute atomic E-state index is 12.8. The third-order valence-electron chi connectivity index (χ3n) is 4.02. The van der Waals surface area contributed by atoms with Gasteiger partial charge in [0, 0.05) is 12.4 Å². The summed E-state index contributed by atoms with van der Waals surface area (Å²) in [6.07, 6.45) is 0. The van der Waals surface area contributed by atoms with Crippen molar-refractivity contribution in [2.75, 3.05) is 7.11 Å². The predicted octanol–water partition coefficient (Wildman–Crippen LogP) is 1.58. The first kappa shape index (κ1) is 17.3. The van der Waals surface area contributed by atoms with Crippen LogP contribution in [0.15, 0.2) is 59.4 Å². The number of nitrogens with one attached hydrogen (secondary N) is 1. The summed E-state index contributed by atoms with van der Waals surface area (Å²) in [5, 5.41) is 7.52. The van der Waals surface area contributed by atoms with Gasteiger partial charge in [-0.05, 0) is 11.6 Å². The summed E-state index contributed by atoms with van der Waals surface area (Å²) < 4.78 is 5.91. The summed E-state index contributed by atoms with van der Waals surface area (Å²) in [7, 11) is 2.73. The Labute approximate surface area is 149 Å². The van der Waals surface area contributed by atoms with Gasteiger partial charge in [-0.25, -0.2) is 9.48 Å². The van der Waals surface area contributed by atoms with Crippen LogP contribution in [-0.2, 0) is 16.6 Å². The number of esters is 1. The van der Waals surface area contributed by atoms with Crippen LogP contribution in [0.3, 0.4) is 0 Å². The molecule has 0 saturated carbocycles. The van der Waals surface area contributed by atoms with Crippen molar-refractivity contribution in [2.24, 2.45) is 7.05 Å². The van der Waals surface area contributed by atoms with Crippen molar-refractivity contribution >= 4 is 22.6 Å². The number of aryl methyl sites for hydroxylation is 1. The second kappa shape index (κ2) is 7.18. The van der Waals surface area contributed by atoms with E-state index in [4.69, 9.17) is 4.74 Å². The molecule has 0 aliphatic heterocycles. The lowest BCUT2D eigenvalue weighted by Crippen LogP contribution is -2.36. The summed E-state index contributed by atoms with van der Waals surface area (Å²) in [5.41, 5.74) is 0.346. The molecule has 3 rings (SSSR count). The van der Waals surface area contributed by atoms with E-state index in [1.807, 2.05) is 6.07 Å². The number of rotatable bonds is 4. The maximum Gasteiger partial charge on any atom is 0.333 e. The topological polar surface area (TPSA) is 90.3 Å². The van der Waals surface area contributed by atoms with Crippen molar-refractivity contribution in [1.29, 1.82) is 0 Å². The molecule has 1 heterocycles. The Morgan fingerprint density at radius 1 is 1.04 bits per heavy atom. The van der Waals surface area contributed by atoms with Gasteiger partial charge in [0.2, 0.25) is 0 Å². The minimum absolute atomic E-state index is 0.0625. The largest absolute Gasteiger partial charge is 0.467 e. The molecule has 1 aromatic heterocycles. The molecule has 0 radical (unpaired) electrons. The molecular formula is C19H17N3O4. The first-order valence-corrected chi connectivity index (χ1v) is 7.92. The van der Waals surface area contributed by atoms with E-state index >= 15 is 0 Å². The Bertz CT molecular complexity index is 1030. The number of nitrogens with zero attached hydrogens (tertiary/aromatic N) is 2. The SMILES string of the molecule is COC(=O)[C@H](NC(=O)c1nn(C)c(=O)c2ccccc12)c1ccccc1. The molecule has 132 valence electrons. The van der Waals surface area contributed by atoms with E-state index in [0.29, 0.717) is 16.3 Å². The molecular weight excluding hydrogens is 334 g/mol. The molecule has 0 aliphatic rings. The van der Waals surface area contributed by atoms with Crippen LogP contribution >= 0.6 is 0 Å². The standard InChI is InChI=1S/C19H17N3O4/c1-22-18(24)14-11-7-6-10-13(14)16(21-22)17(23)20-15(19(25)26-2)12-8-4-3-5-9-12/h3-11,15H,1-2H3,(H,20,23)/t15-/m1/s1. The number of hydrogen-bond acceptors (Lipinski definition) is 5. The monoisotopic (exact) mass is 351 g/mol. The molecule has 7 heteroatoms. The fourth-order valence-corrected chi connectivity index (χ4v) is 2.71. The van der Waals surface area contributed by atoms with E-state index < -0.39 is 17.9 Å². The van der Waals surface area contributed by atoms with Crippen LogP contribution in [0.25, 0.3) is 10.8 Å².